The first kappa shape index (κ1) is 24.1. The zero-order valence-electron chi connectivity index (χ0n) is 19.9. The van der Waals surface area contributed by atoms with Crippen LogP contribution in [-0.4, -0.2) is 90.5 Å². The Labute approximate surface area is 202 Å². The number of likely N-dealkylation sites (tertiary alicyclic amines) is 1. The first-order chi connectivity index (χ1) is 16.5. The maximum atomic E-state index is 13.2. The van der Waals surface area contributed by atoms with E-state index in [1.165, 1.54) is 0 Å². The molecule has 34 heavy (non-hydrogen) atoms. The second-order valence-electron chi connectivity index (χ2n) is 10.2. The summed E-state index contributed by atoms with van der Waals surface area (Å²) >= 11 is 0. The molecular formula is C23H37N5O5S. The summed E-state index contributed by atoms with van der Waals surface area (Å²) in [6, 6.07) is 0. The van der Waals surface area contributed by atoms with Crippen molar-refractivity contribution in [3.8, 4) is 0 Å². The van der Waals surface area contributed by atoms with Crippen molar-refractivity contribution < 1.29 is 22.5 Å². The molecule has 0 aliphatic carbocycles. The molecule has 0 aromatic carbocycles. The van der Waals surface area contributed by atoms with Gasteiger partial charge in [-0.25, -0.2) is 0 Å². The lowest BCUT2D eigenvalue weighted by atomic mass is 9.91. The van der Waals surface area contributed by atoms with Gasteiger partial charge in [-0.1, -0.05) is 5.16 Å². The molecule has 1 aromatic heterocycles. The predicted molar refractivity (Wildman–Crippen MR) is 124 cm³/mol. The van der Waals surface area contributed by atoms with Gasteiger partial charge in [0.15, 0.2) is 5.82 Å². The molecule has 5 heterocycles. The largest absolute Gasteiger partial charge is 0.381 e. The number of piperidine rings is 2. The van der Waals surface area contributed by atoms with E-state index in [0.29, 0.717) is 57.0 Å². The molecule has 4 aliphatic heterocycles. The number of aromatic nitrogens is 2. The highest BCUT2D eigenvalue weighted by molar-refractivity contribution is 7.86. The molecule has 1 aromatic rings. The first-order valence-electron chi connectivity index (χ1n) is 12.9. The van der Waals surface area contributed by atoms with E-state index in [0.717, 1.165) is 76.8 Å². The van der Waals surface area contributed by atoms with Gasteiger partial charge in [-0.3, -0.25) is 4.79 Å². The summed E-state index contributed by atoms with van der Waals surface area (Å²) in [5.41, 5.74) is 0. The molecule has 0 N–H and O–H groups in total. The Hall–Kier alpha value is -1.56. The van der Waals surface area contributed by atoms with Crippen LogP contribution in [0.25, 0.3) is 0 Å². The van der Waals surface area contributed by atoms with E-state index < -0.39 is 10.2 Å². The van der Waals surface area contributed by atoms with Gasteiger partial charge in [0.25, 0.3) is 10.2 Å². The quantitative estimate of drug-likeness (QED) is 0.592. The van der Waals surface area contributed by atoms with Crippen LogP contribution >= 0.6 is 0 Å². The number of amides is 1. The first-order valence-corrected chi connectivity index (χ1v) is 14.3. The summed E-state index contributed by atoms with van der Waals surface area (Å²) in [5, 5.41) is 4.20. The van der Waals surface area contributed by atoms with E-state index in [4.69, 9.17) is 9.26 Å². The molecule has 0 radical (unpaired) electrons. The molecule has 0 saturated carbocycles. The van der Waals surface area contributed by atoms with Gasteiger partial charge in [0.2, 0.25) is 11.8 Å². The molecule has 1 atom stereocenters. The number of rotatable bonds is 6. The number of carbonyl (C=O) groups is 1. The number of nitrogens with zero attached hydrogens (tertiary/aromatic N) is 5. The Morgan fingerprint density at radius 2 is 1.62 bits per heavy atom. The van der Waals surface area contributed by atoms with Crippen LogP contribution in [0.4, 0.5) is 0 Å². The minimum absolute atomic E-state index is 0.111. The lowest BCUT2D eigenvalue weighted by Crippen LogP contribution is -2.51. The molecule has 1 amide bonds. The topological polar surface area (TPSA) is 109 Å². The number of carbonyl (C=O) groups excluding carboxylic acids is 1. The van der Waals surface area contributed by atoms with Crippen LogP contribution in [0.2, 0.25) is 0 Å². The van der Waals surface area contributed by atoms with Crippen molar-refractivity contribution in [2.75, 3.05) is 52.5 Å². The second kappa shape index (κ2) is 10.6. The van der Waals surface area contributed by atoms with Crippen molar-refractivity contribution in [3.63, 3.8) is 0 Å². The monoisotopic (exact) mass is 495 g/mol. The van der Waals surface area contributed by atoms with Crippen LogP contribution in [-0.2, 0) is 26.2 Å². The highest BCUT2D eigenvalue weighted by atomic mass is 32.2. The summed E-state index contributed by atoms with van der Waals surface area (Å²) < 4.78 is 40.0. The molecule has 4 fully saturated rings. The summed E-state index contributed by atoms with van der Waals surface area (Å²) in [7, 11) is -3.44. The average Bonchev–Trinajstić information content (AvgIpc) is 3.58. The predicted octanol–water partition coefficient (Wildman–Crippen LogP) is 1.80. The standard InChI is InChI=1S/C23H37N5O5S/c29-23(20-4-3-11-28(17-20)34(30,31)27-9-1-2-10-27)26-12-5-18(6-13-26)16-21-24-22(25-33-21)19-7-14-32-15-8-19/h18-20H,1-17H2. The normalized spacial score (nSPS) is 26.8. The van der Waals surface area contributed by atoms with Gasteiger partial charge >= 0.3 is 0 Å². The van der Waals surface area contributed by atoms with Gasteiger partial charge in [0.05, 0.1) is 5.92 Å². The van der Waals surface area contributed by atoms with Gasteiger partial charge in [-0.05, 0) is 57.3 Å². The third-order valence-electron chi connectivity index (χ3n) is 7.91. The van der Waals surface area contributed by atoms with E-state index >= 15 is 0 Å². The van der Waals surface area contributed by atoms with Crippen LogP contribution in [0.1, 0.15) is 69.0 Å². The van der Waals surface area contributed by atoms with Crippen LogP contribution in [0.3, 0.4) is 0 Å². The summed E-state index contributed by atoms with van der Waals surface area (Å²) in [6.45, 7) is 4.95. The highest BCUT2D eigenvalue weighted by Crippen LogP contribution is 2.29. The Bertz CT molecular complexity index is 933. The van der Waals surface area contributed by atoms with Gasteiger partial charge in [-0.2, -0.15) is 22.0 Å². The molecule has 190 valence electrons. The summed E-state index contributed by atoms with van der Waals surface area (Å²) in [5.74, 6) is 2.12. The maximum Gasteiger partial charge on any atom is 0.281 e. The van der Waals surface area contributed by atoms with Gasteiger partial charge in [0, 0.05) is 64.8 Å². The number of ether oxygens (including phenoxy) is 1. The van der Waals surface area contributed by atoms with Crippen molar-refractivity contribution in [2.45, 2.75) is 63.7 Å². The van der Waals surface area contributed by atoms with E-state index in [9.17, 15) is 13.2 Å². The zero-order valence-corrected chi connectivity index (χ0v) is 20.8. The molecule has 11 heteroatoms. The minimum atomic E-state index is -3.44. The second-order valence-corrected chi connectivity index (χ2v) is 12.1. The summed E-state index contributed by atoms with van der Waals surface area (Å²) in [6.07, 6.45) is 7.80. The highest BCUT2D eigenvalue weighted by Gasteiger charge is 2.38. The molecule has 10 nitrogen and oxygen atoms in total. The Morgan fingerprint density at radius 1 is 0.912 bits per heavy atom. The van der Waals surface area contributed by atoms with Crippen molar-refractivity contribution >= 4 is 16.1 Å². The van der Waals surface area contributed by atoms with E-state index in [-0.39, 0.29) is 11.8 Å². The average molecular weight is 496 g/mol. The Kier molecular flexibility index (Phi) is 7.52. The third-order valence-corrected chi connectivity index (χ3v) is 9.91. The van der Waals surface area contributed by atoms with Gasteiger partial charge in [-0.15, -0.1) is 0 Å². The molecule has 1 unspecified atom stereocenters. The lowest BCUT2D eigenvalue weighted by Gasteiger charge is -2.38. The molecular weight excluding hydrogens is 458 g/mol. The lowest BCUT2D eigenvalue weighted by molar-refractivity contribution is -0.138. The van der Waals surface area contributed by atoms with Crippen molar-refractivity contribution in [2.24, 2.45) is 11.8 Å². The molecule has 4 aliphatic rings. The maximum absolute atomic E-state index is 13.2. The van der Waals surface area contributed by atoms with Crippen LogP contribution in [0.5, 0.6) is 0 Å². The van der Waals surface area contributed by atoms with E-state index in [2.05, 4.69) is 10.1 Å². The summed E-state index contributed by atoms with van der Waals surface area (Å²) in [4.78, 5) is 19.8. The van der Waals surface area contributed by atoms with Crippen LogP contribution in [0.15, 0.2) is 4.52 Å². The van der Waals surface area contributed by atoms with Gasteiger partial charge in [0.1, 0.15) is 0 Å². The van der Waals surface area contributed by atoms with Crippen molar-refractivity contribution in [3.05, 3.63) is 11.7 Å². The fourth-order valence-electron chi connectivity index (χ4n) is 5.77. The number of hydrogen-bond donors (Lipinski definition) is 0. The Balaban J connectivity index is 1.11. The van der Waals surface area contributed by atoms with Crippen molar-refractivity contribution in [1.29, 1.82) is 0 Å². The fraction of sp³-hybridized carbons (Fsp3) is 0.870. The van der Waals surface area contributed by atoms with Crippen molar-refractivity contribution in [1.82, 2.24) is 23.7 Å². The Morgan fingerprint density at radius 3 is 2.35 bits per heavy atom. The third kappa shape index (κ3) is 5.32. The van der Waals surface area contributed by atoms with Gasteiger partial charge < -0.3 is 14.2 Å². The SMILES string of the molecule is O=C(C1CCCN(S(=O)(=O)N2CCCC2)C1)N1CCC(Cc2nc(C3CCOCC3)no2)CC1. The molecule has 0 spiro atoms. The van der Waals surface area contributed by atoms with E-state index in [1.807, 2.05) is 4.90 Å². The minimum Gasteiger partial charge on any atom is -0.381 e. The number of hydrogen-bond acceptors (Lipinski definition) is 7. The smallest absolute Gasteiger partial charge is 0.281 e. The molecule has 5 rings (SSSR count). The van der Waals surface area contributed by atoms with Crippen LogP contribution < -0.4 is 0 Å². The zero-order chi connectivity index (χ0) is 23.5. The van der Waals surface area contributed by atoms with Crippen LogP contribution in [0, 0.1) is 11.8 Å². The van der Waals surface area contributed by atoms with E-state index in [1.54, 1.807) is 8.61 Å². The molecule has 4 saturated heterocycles. The molecule has 0 bridgehead atoms. The fourth-order valence-corrected chi connectivity index (χ4v) is 7.55.